The molecule has 0 aromatic heterocycles. The van der Waals surface area contributed by atoms with E-state index in [1.807, 2.05) is 45.1 Å². The summed E-state index contributed by atoms with van der Waals surface area (Å²) in [4.78, 5) is 4.34. The summed E-state index contributed by atoms with van der Waals surface area (Å²) >= 11 is 3.86. The minimum Gasteiger partial charge on any atom is -0.114 e. The van der Waals surface area contributed by atoms with E-state index < -0.39 is 0 Å². The Balaban J connectivity index is 0.000000111. The maximum absolute atomic E-state index is 2.20. The molecule has 0 aliphatic carbocycles. The number of fused-ring (bicyclic) bond motifs is 2. The summed E-state index contributed by atoms with van der Waals surface area (Å²) in [5.41, 5.74) is 1.49. The molecule has 0 amide bonds. The summed E-state index contributed by atoms with van der Waals surface area (Å²) in [6.07, 6.45) is 0. The van der Waals surface area contributed by atoms with Crippen LogP contribution in [0.4, 0.5) is 0 Å². The van der Waals surface area contributed by atoms with Crippen molar-refractivity contribution in [1.82, 2.24) is 0 Å². The van der Waals surface area contributed by atoms with Gasteiger partial charge in [-0.1, -0.05) is 51.9 Å². The summed E-state index contributed by atoms with van der Waals surface area (Å²) in [7, 11) is 3.80. The van der Waals surface area contributed by atoms with Crippen molar-refractivity contribution in [2.45, 2.75) is 20.4 Å². The van der Waals surface area contributed by atoms with E-state index in [2.05, 4.69) is 48.5 Å². The van der Waals surface area contributed by atoms with Gasteiger partial charge in [-0.2, -0.15) is 0 Å². The molecule has 2 aromatic rings. The van der Waals surface area contributed by atoms with E-state index in [1.54, 1.807) is 0 Å². The fourth-order valence-electron chi connectivity index (χ4n) is 1.71. The normalized spacial score (nSPS) is 15.6. The molecule has 0 nitrogen and oxygen atoms in total. The molecule has 4 heteroatoms. The van der Waals surface area contributed by atoms with Gasteiger partial charge in [0.15, 0.2) is 0 Å². The molecule has 2 aromatic carbocycles. The molecular formula is C14H12S4. The van der Waals surface area contributed by atoms with E-state index >= 15 is 0 Å². The lowest BCUT2D eigenvalue weighted by molar-refractivity contribution is 1.27. The molecule has 0 unspecified atom stereocenters. The number of hydrogen-bond donors (Lipinski definition) is 0. The summed E-state index contributed by atoms with van der Waals surface area (Å²) in [6.45, 7) is 0. The van der Waals surface area contributed by atoms with Gasteiger partial charge in [-0.05, 0) is 23.8 Å². The van der Waals surface area contributed by atoms with Crippen LogP contribution in [0.1, 0.15) is 5.56 Å². The molecule has 0 atom stereocenters. The van der Waals surface area contributed by atoms with Gasteiger partial charge in [0, 0.05) is 25.5 Å². The van der Waals surface area contributed by atoms with E-state index in [1.165, 1.54) is 31.1 Å². The molecule has 0 N–H and O–H groups in total. The van der Waals surface area contributed by atoms with Crippen molar-refractivity contribution >= 4 is 45.1 Å². The Morgan fingerprint density at radius 2 is 1.33 bits per heavy atom. The first-order chi connectivity index (χ1) is 8.93. The third kappa shape index (κ3) is 3.05. The fourth-order valence-corrected chi connectivity index (χ4v) is 6.54. The van der Waals surface area contributed by atoms with Crippen molar-refractivity contribution < 1.29 is 0 Å². The Morgan fingerprint density at radius 3 is 2.00 bits per heavy atom. The second-order valence-electron chi connectivity index (χ2n) is 3.81. The lowest BCUT2D eigenvalue weighted by Crippen LogP contribution is -1.73. The van der Waals surface area contributed by atoms with Gasteiger partial charge >= 0.3 is 0 Å². The van der Waals surface area contributed by atoms with Gasteiger partial charge in [0.2, 0.25) is 0 Å². The largest absolute Gasteiger partial charge is 0.114 e. The third-order valence-electron chi connectivity index (χ3n) is 2.61. The van der Waals surface area contributed by atoms with Crippen LogP contribution in [0.3, 0.4) is 0 Å². The summed E-state index contributed by atoms with van der Waals surface area (Å²) in [5, 5.41) is 1.19. The molecule has 2 aliphatic rings. The minimum absolute atomic E-state index is 1.18. The number of benzene rings is 2. The molecule has 4 rings (SSSR count). The monoisotopic (exact) mass is 308 g/mol. The van der Waals surface area contributed by atoms with Crippen LogP contribution in [0.5, 0.6) is 0 Å². The lowest BCUT2D eigenvalue weighted by Gasteiger charge is -1.90. The first kappa shape index (κ1) is 12.9. The highest BCUT2D eigenvalue weighted by Gasteiger charge is 2.09. The molecule has 0 fully saturated rings. The molecule has 0 saturated carbocycles. The first-order valence-corrected chi connectivity index (χ1v) is 9.94. The van der Waals surface area contributed by atoms with Gasteiger partial charge in [-0.15, -0.1) is 23.5 Å². The van der Waals surface area contributed by atoms with E-state index in [9.17, 15) is 0 Å². The van der Waals surface area contributed by atoms with E-state index in [-0.39, 0.29) is 0 Å². The van der Waals surface area contributed by atoms with Gasteiger partial charge in [0.1, 0.15) is 0 Å². The molecule has 92 valence electrons. The molecule has 18 heavy (non-hydrogen) atoms. The Kier molecular flexibility index (Phi) is 4.52. The Morgan fingerprint density at radius 1 is 0.722 bits per heavy atom. The van der Waals surface area contributed by atoms with Gasteiger partial charge in [0.05, 0.1) is 0 Å². The number of hydrogen-bond acceptors (Lipinski definition) is 4. The van der Waals surface area contributed by atoms with Crippen LogP contribution < -0.4 is 0 Å². The topological polar surface area (TPSA) is 0 Å². The first-order valence-electron chi connectivity index (χ1n) is 5.65. The Hall–Kier alpha value is -0.160. The van der Waals surface area contributed by atoms with Crippen LogP contribution >= 0.6 is 45.1 Å². The second-order valence-corrected chi connectivity index (χ2v) is 8.54. The predicted octanol–water partition coefficient (Wildman–Crippen LogP) is 5.78. The molecule has 0 spiro atoms. The van der Waals surface area contributed by atoms with Crippen LogP contribution in [0.25, 0.3) is 0 Å². The molecule has 2 heterocycles. The van der Waals surface area contributed by atoms with Crippen molar-refractivity contribution in [3.63, 3.8) is 0 Å². The zero-order chi connectivity index (χ0) is 12.2. The smallest absolute Gasteiger partial charge is 0.0487 e. The number of rotatable bonds is 0. The summed E-state index contributed by atoms with van der Waals surface area (Å²) < 4.78 is 0. The van der Waals surface area contributed by atoms with Crippen LogP contribution in [-0.4, -0.2) is 5.08 Å². The number of thioether (sulfide) groups is 2. The average Bonchev–Trinajstić information content (AvgIpc) is 3.08. The Bertz CT molecular complexity index is 443. The maximum atomic E-state index is 2.20. The van der Waals surface area contributed by atoms with Crippen LogP contribution in [-0.2, 0) is 5.75 Å². The van der Waals surface area contributed by atoms with Crippen LogP contribution in [0.15, 0.2) is 63.2 Å². The highest BCUT2D eigenvalue weighted by atomic mass is 33.1. The fraction of sp³-hybridized carbons (Fsp3) is 0.143. The van der Waals surface area contributed by atoms with Crippen molar-refractivity contribution in [3.8, 4) is 0 Å². The zero-order valence-corrected chi connectivity index (χ0v) is 12.9. The SMILES string of the molecule is c1ccc2c(c1)CSS2.c1ccc2c(c1)SCS2. The van der Waals surface area contributed by atoms with Crippen molar-refractivity contribution in [2.75, 3.05) is 5.08 Å². The zero-order valence-electron chi connectivity index (χ0n) is 9.67. The highest BCUT2D eigenvalue weighted by Crippen LogP contribution is 2.43. The summed E-state index contributed by atoms with van der Waals surface area (Å²) in [5.74, 6) is 1.18. The predicted molar refractivity (Wildman–Crippen MR) is 86.6 cm³/mol. The van der Waals surface area contributed by atoms with E-state index in [4.69, 9.17) is 0 Å². The van der Waals surface area contributed by atoms with Gasteiger partial charge in [-0.3, -0.25) is 0 Å². The van der Waals surface area contributed by atoms with Gasteiger partial charge < -0.3 is 0 Å². The quantitative estimate of drug-likeness (QED) is 0.565. The Labute approximate surface area is 124 Å². The molecular weight excluding hydrogens is 296 g/mol. The van der Waals surface area contributed by atoms with Crippen LogP contribution in [0.2, 0.25) is 0 Å². The molecule has 2 aliphatic heterocycles. The highest BCUT2D eigenvalue weighted by molar-refractivity contribution is 8.76. The molecule has 0 radical (unpaired) electrons. The maximum Gasteiger partial charge on any atom is 0.0487 e. The minimum atomic E-state index is 1.18. The molecule has 0 saturated heterocycles. The van der Waals surface area contributed by atoms with E-state index in [0.29, 0.717) is 0 Å². The van der Waals surface area contributed by atoms with E-state index in [0.717, 1.165) is 0 Å². The van der Waals surface area contributed by atoms with Gasteiger partial charge in [-0.25, -0.2) is 0 Å². The van der Waals surface area contributed by atoms with Crippen molar-refractivity contribution in [2.24, 2.45) is 0 Å². The average molecular weight is 309 g/mol. The standard InChI is InChI=1S/2C7H6S2/c1-2-4-7-6(3-1)8-5-9-7;1-2-4-7-6(3-1)5-8-9-7/h2*1-4H,5H2. The lowest BCUT2D eigenvalue weighted by atomic mass is 10.2. The van der Waals surface area contributed by atoms with Crippen molar-refractivity contribution in [3.05, 3.63) is 54.1 Å². The summed E-state index contributed by atoms with van der Waals surface area (Å²) in [6, 6.07) is 17.1. The van der Waals surface area contributed by atoms with Crippen molar-refractivity contribution in [1.29, 1.82) is 0 Å². The van der Waals surface area contributed by atoms with Gasteiger partial charge in [0.25, 0.3) is 0 Å². The van der Waals surface area contributed by atoms with Crippen LogP contribution in [0, 0.1) is 0 Å². The second kappa shape index (κ2) is 6.33. The molecule has 0 bridgehead atoms. The third-order valence-corrected chi connectivity index (χ3v) is 7.39.